The summed E-state index contributed by atoms with van der Waals surface area (Å²) in [5.74, 6) is -0.482. The van der Waals surface area contributed by atoms with Crippen LogP contribution in [0.1, 0.15) is 27.2 Å². The van der Waals surface area contributed by atoms with Crippen LogP contribution in [0.2, 0.25) is 0 Å². The summed E-state index contributed by atoms with van der Waals surface area (Å²) in [5, 5.41) is 0. The van der Waals surface area contributed by atoms with E-state index in [1.165, 1.54) is 6.92 Å². The van der Waals surface area contributed by atoms with Crippen molar-refractivity contribution in [1.82, 2.24) is 0 Å². The van der Waals surface area contributed by atoms with Crippen molar-refractivity contribution in [2.24, 2.45) is 0 Å². The summed E-state index contributed by atoms with van der Waals surface area (Å²) in [6, 6.07) is 3.96. The third kappa shape index (κ3) is 3.73. The van der Waals surface area contributed by atoms with E-state index in [2.05, 4.69) is 0 Å². The average Bonchev–Trinajstić information content (AvgIpc) is 2.26. The highest BCUT2D eigenvalue weighted by Crippen LogP contribution is 2.29. The maximum absolute atomic E-state index is 12.3. The maximum Gasteiger partial charge on any atom is 0.416 e. The highest BCUT2D eigenvalue weighted by Gasteiger charge is 2.29. The average molecular weight is 218 g/mol. The van der Waals surface area contributed by atoms with Gasteiger partial charge in [-0.15, -0.1) is 0 Å². The first-order valence-electron chi connectivity index (χ1n) is 5.41. The molecule has 15 heavy (non-hydrogen) atoms. The van der Waals surface area contributed by atoms with Crippen LogP contribution in [0.15, 0.2) is 24.3 Å². The number of halogens is 3. The van der Waals surface area contributed by atoms with Crippen molar-refractivity contribution in [3.05, 3.63) is 35.4 Å². The topological polar surface area (TPSA) is 17.1 Å². The molecule has 0 fully saturated rings. The van der Waals surface area contributed by atoms with Gasteiger partial charge in [0.05, 0.1) is 5.56 Å². The number of rotatable bonds is 3. The van der Waals surface area contributed by atoms with Crippen molar-refractivity contribution in [2.75, 3.05) is 0 Å². The molecular formula is C11H11F3O. The van der Waals surface area contributed by atoms with Crippen LogP contribution in [-0.4, -0.2) is 5.78 Å². The van der Waals surface area contributed by atoms with Gasteiger partial charge in [0.25, 0.3) is 0 Å². The Morgan fingerprint density at radius 3 is 2.27 bits per heavy atom. The van der Waals surface area contributed by atoms with Crippen LogP contribution >= 0.6 is 0 Å². The lowest BCUT2D eigenvalue weighted by molar-refractivity contribution is -0.137. The van der Waals surface area contributed by atoms with Crippen LogP contribution < -0.4 is 0 Å². The Kier molecular flexibility index (Phi) is 2.66. The summed E-state index contributed by atoms with van der Waals surface area (Å²) in [6.07, 6.45) is -6.85. The molecule has 2 unspecified atom stereocenters. The van der Waals surface area contributed by atoms with Crippen LogP contribution in [0.3, 0.4) is 0 Å². The quantitative estimate of drug-likeness (QED) is 0.761. The van der Waals surface area contributed by atoms with Gasteiger partial charge in [0.15, 0.2) is 0 Å². The highest BCUT2D eigenvalue weighted by molar-refractivity contribution is 5.75. The molecule has 0 aliphatic carbocycles. The van der Waals surface area contributed by atoms with Crippen molar-refractivity contribution in [3.63, 3.8) is 0 Å². The van der Waals surface area contributed by atoms with Gasteiger partial charge in [-0.05, 0) is 31.0 Å². The van der Waals surface area contributed by atoms with E-state index >= 15 is 0 Å². The number of alkyl halides is 3. The third-order valence-electron chi connectivity index (χ3n) is 1.75. The van der Waals surface area contributed by atoms with Crippen LogP contribution in [0, 0.1) is 0 Å². The summed E-state index contributed by atoms with van der Waals surface area (Å²) in [5.41, 5.74) is -0.578. The largest absolute Gasteiger partial charge is 0.416 e. The van der Waals surface area contributed by atoms with Crippen LogP contribution in [0.5, 0.6) is 0 Å². The van der Waals surface area contributed by atoms with Crippen molar-refractivity contribution < 1.29 is 20.7 Å². The third-order valence-corrected chi connectivity index (χ3v) is 1.75. The van der Waals surface area contributed by atoms with Crippen molar-refractivity contribution in [1.29, 1.82) is 0 Å². The molecule has 2 atom stereocenters. The Balaban J connectivity index is 2.92. The summed E-state index contributed by atoms with van der Waals surface area (Å²) < 4.78 is 51.8. The fourth-order valence-electron chi connectivity index (χ4n) is 0.997. The lowest BCUT2D eigenvalue weighted by atomic mass is 10.1. The molecule has 0 bridgehead atoms. The molecule has 0 heterocycles. The van der Waals surface area contributed by atoms with Gasteiger partial charge in [-0.2, -0.15) is 13.2 Å². The zero-order valence-corrected chi connectivity index (χ0v) is 8.01. The molecule has 0 amide bonds. The van der Waals surface area contributed by atoms with E-state index in [4.69, 9.17) is 2.74 Å². The van der Waals surface area contributed by atoms with Crippen LogP contribution in [-0.2, 0) is 17.4 Å². The molecule has 1 aromatic rings. The Bertz CT molecular complexity index is 400. The lowest BCUT2D eigenvalue weighted by Gasteiger charge is -2.06. The summed E-state index contributed by atoms with van der Waals surface area (Å²) >= 11 is 0. The standard InChI is InChI=1S/C11H11F3O/c1-8(15)2-3-9-4-6-10(7-5-9)11(12,13)14/h4-7H,2-3H2,1H3/i2D,3D. The zero-order valence-electron chi connectivity index (χ0n) is 10.0. The number of aryl methyl sites for hydroxylation is 1. The predicted octanol–water partition coefficient (Wildman–Crippen LogP) is 3.23. The Morgan fingerprint density at radius 1 is 1.33 bits per heavy atom. The van der Waals surface area contributed by atoms with Gasteiger partial charge < -0.3 is 4.79 Å². The molecule has 0 aromatic heterocycles. The SMILES string of the molecule is [2H]C(C(C)=O)C([2H])c1ccc(C(F)(F)F)cc1. The molecule has 1 rings (SSSR count). The Morgan fingerprint density at radius 2 is 1.87 bits per heavy atom. The van der Waals surface area contributed by atoms with E-state index in [-0.39, 0.29) is 5.56 Å². The molecule has 0 N–H and O–H groups in total. The number of hydrogen-bond donors (Lipinski definition) is 0. The van der Waals surface area contributed by atoms with Gasteiger partial charge in [0.2, 0.25) is 0 Å². The van der Waals surface area contributed by atoms with Crippen molar-refractivity contribution >= 4 is 5.78 Å². The molecule has 0 radical (unpaired) electrons. The van der Waals surface area contributed by atoms with Gasteiger partial charge in [-0.3, -0.25) is 0 Å². The summed E-state index contributed by atoms with van der Waals surface area (Å²) in [7, 11) is 0. The first kappa shape index (κ1) is 8.95. The van der Waals surface area contributed by atoms with Crippen LogP contribution in [0.25, 0.3) is 0 Å². The first-order chi connectivity index (χ1) is 7.73. The van der Waals surface area contributed by atoms with Crippen molar-refractivity contribution in [3.8, 4) is 0 Å². The minimum atomic E-state index is -4.42. The minimum Gasteiger partial charge on any atom is -0.300 e. The maximum atomic E-state index is 12.3. The number of carbonyl (C=O) groups excluding carboxylic acids is 1. The van der Waals surface area contributed by atoms with Gasteiger partial charge >= 0.3 is 6.18 Å². The van der Waals surface area contributed by atoms with Crippen molar-refractivity contribution in [2.45, 2.75) is 25.9 Å². The molecule has 0 saturated carbocycles. The number of Topliss-reactive ketones (excluding diaryl/α,β-unsaturated/α-hetero) is 1. The van der Waals surface area contributed by atoms with E-state index in [0.29, 0.717) is 0 Å². The number of benzene rings is 1. The predicted molar refractivity (Wildman–Crippen MR) is 50.4 cm³/mol. The Labute approximate surface area is 88.7 Å². The molecule has 0 aliphatic heterocycles. The van der Waals surface area contributed by atoms with E-state index in [1.807, 2.05) is 0 Å². The number of hydrogen-bond acceptors (Lipinski definition) is 1. The van der Waals surface area contributed by atoms with E-state index in [9.17, 15) is 18.0 Å². The van der Waals surface area contributed by atoms with E-state index in [1.54, 1.807) is 0 Å². The number of carbonyl (C=O) groups is 1. The van der Waals surface area contributed by atoms with Gasteiger partial charge in [0, 0.05) is 9.14 Å². The van der Waals surface area contributed by atoms with Gasteiger partial charge in [-0.1, -0.05) is 12.1 Å². The fraction of sp³-hybridized carbons (Fsp3) is 0.364. The number of ketones is 1. The summed E-state index contributed by atoms with van der Waals surface area (Å²) in [6.45, 7) is 1.18. The van der Waals surface area contributed by atoms with Crippen LogP contribution in [0.4, 0.5) is 13.2 Å². The molecule has 1 nitrogen and oxygen atoms in total. The van der Waals surface area contributed by atoms with E-state index in [0.717, 1.165) is 24.3 Å². The molecular weight excluding hydrogens is 205 g/mol. The van der Waals surface area contributed by atoms with Gasteiger partial charge in [-0.25, -0.2) is 0 Å². The smallest absolute Gasteiger partial charge is 0.300 e. The summed E-state index contributed by atoms with van der Waals surface area (Å²) in [4.78, 5) is 10.9. The minimum absolute atomic E-state index is 0.230. The second-order valence-electron chi connectivity index (χ2n) is 3.06. The fourth-order valence-corrected chi connectivity index (χ4v) is 0.997. The highest BCUT2D eigenvalue weighted by atomic mass is 19.4. The second kappa shape index (κ2) is 4.47. The first-order valence-corrected chi connectivity index (χ1v) is 4.25. The molecule has 1 aromatic carbocycles. The van der Waals surface area contributed by atoms with E-state index < -0.39 is 30.3 Å². The molecule has 0 aliphatic rings. The lowest BCUT2D eigenvalue weighted by Crippen LogP contribution is -2.04. The van der Waals surface area contributed by atoms with Gasteiger partial charge in [0.1, 0.15) is 5.78 Å². The molecule has 0 spiro atoms. The Hall–Kier alpha value is -1.32. The second-order valence-corrected chi connectivity index (χ2v) is 3.06. The molecule has 0 saturated heterocycles. The molecule has 4 heteroatoms. The normalized spacial score (nSPS) is 17.6. The molecule has 82 valence electrons. The zero-order chi connectivity index (χ0) is 13.2. The monoisotopic (exact) mass is 218 g/mol.